The molecule has 1 saturated heterocycles. The Balaban J connectivity index is 1.88. The fourth-order valence-electron chi connectivity index (χ4n) is 2.94. The molecule has 1 atom stereocenters. The summed E-state index contributed by atoms with van der Waals surface area (Å²) in [5.41, 5.74) is 3.36. The average molecular weight is 309 g/mol. The van der Waals surface area contributed by atoms with E-state index in [0.717, 1.165) is 43.4 Å². The summed E-state index contributed by atoms with van der Waals surface area (Å²) in [7, 11) is 0. The summed E-state index contributed by atoms with van der Waals surface area (Å²) in [6.45, 7) is 2.80. The molecule has 1 amide bonds. The van der Waals surface area contributed by atoms with E-state index in [2.05, 4.69) is 27.3 Å². The Morgan fingerprint density at radius 2 is 2.33 bits per heavy atom. The molecule has 0 radical (unpaired) electrons. The Morgan fingerprint density at radius 1 is 1.44 bits per heavy atom. The molecule has 0 spiro atoms. The number of nitrogens with one attached hydrogen (secondary N) is 1. The van der Waals surface area contributed by atoms with Crippen molar-refractivity contribution in [3.63, 3.8) is 0 Å². The number of carbonyl (C=O) groups is 1. The Labute approximate surface area is 116 Å². The van der Waals surface area contributed by atoms with E-state index in [9.17, 15) is 4.79 Å². The van der Waals surface area contributed by atoms with Crippen molar-refractivity contribution in [3.05, 3.63) is 34.9 Å². The van der Waals surface area contributed by atoms with Crippen LogP contribution in [-0.4, -0.2) is 29.9 Å². The molecule has 2 aliphatic heterocycles. The van der Waals surface area contributed by atoms with Crippen LogP contribution in [0.3, 0.4) is 0 Å². The number of nitrogens with zero attached hydrogens (tertiary/aromatic N) is 1. The molecule has 2 heterocycles. The van der Waals surface area contributed by atoms with E-state index in [0.29, 0.717) is 6.04 Å². The molecule has 1 aromatic rings. The van der Waals surface area contributed by atoms with Crippen molar-refractivity contribution >= 4 is 21.8 Å². The number of hydrogen-bond acceptors (Lipinski definition) is 2. The average Bonchev–Trinajstić information content (AvgIpc) is 2.77. The van der Waals surface area contributed by atoms with Gasteiger partial charge >= 0.3 is 0 Å². The summed E-state index contributed by atoms with van der Waals surface area (Å²) in [6, 6.07) is 6.40. The van der Waals surface area contributed by atoms with Crippen LogP contribution >= 0.6 is 15.9 Å². The summed E-state index contributed by atoms with van der Waals surface area (Å²) in [6.07, 6.45) is 2.28. The van der Waals surface area contributed by atoms with Gasteiger partial charge in [0.05, 0.1) is 0 Å². The summed E-state index contributed by atoms with van der Waals surface area (Å²) >= 11 is 3.50. The fourth-order valence-corrected chi connectivity index (χ4v) is 3.46. The van der Waals surface area contributed by atoms with Crippen molar-refractivity contribution in [2.75, 3.05) is 13.1 Å². The van der Waals surface area contributed by atoms with Gasteiger partial charge in [-0.3, -0.25) is 4.79 Å². The van der Waals surface area contributed by atoms with E-state index in [1.165, 1.54) is 11.1 Å². The molecular formula is C14H17BrN2O. The third-order valence-corrected chi connectivity index (χ3v) is 4.55. The zero-order valence-electron chi connectivity index (χ0n) is 10.3. The highest BCUT2D eigenvalue weighted by atomic mass is 79.9. The third kappa shape index (κ3) is 1.97. The Hall–Kier alpha value is -0.870. The summed E-state index contributed by atoms with van der Waals surface area (Å²) in [5, 5.41) is 4.20. The van der Waals surface area contributed by atoms with Crippen LogP contribution < -0.4 is 5.32 Å². The lowest BCUT2D eigenvalue weighted by atomic mass is 10.0. The minimum atomic E-state index is 0.210. The molecule has 0 saturated carbocycles. The molecular weight excluding hydrogens is 292 g/mol. The second kappa shape index (κ2) is 5.02. The SMILES string of the molecule is O=C1c2cccc(CBr)c2CN1C1CCCNC1. The number of fused-ring (bicyclic) bond motifs is 1. The zero-order chi connectivity index (χ0) is 12.5. The monoisotopic (exact) mass is 308 g/mol. The number of carbonyl (C=O) groups excluding carboxylic acids is 1. The first-order chi connectivity index (χ1) is 8.81. The Bertz CT molecular complexity index is 469. The highest BCUT2D eigenvalue weighted by Crippen LogP contribution is 2.30. The van der Waals surface area contributed by atoms with Crippen molar-refractivity contribution in [2.45, 2.75) is 30.8 Å². The van der Waals surface area contributed by atoms with Crippen molar-refractivity contribution in [2.24, 2.45) is 0 Å². The van der Waals surface area contributed by atoms with Gasteiger partial charge in [-0.15, -0.1) is 0 Å². The number of hydrogen-bond donors (Lipinski definition) is 1. The molecule has 0 aliphatic carbocycles. The van der Waals surface area contributed by atoms with E-state index < -0.39 is 0 Å². The highest BCUT2D eigenvalue weighted by molar-refractivity contribution is 9.08. The Morgan fingerprint density at radius 3 is 3.06 bits per heavy atom. The topological polar surface area (TPSA) is 32.3 Å². The van der Waals surface area contributed by atoms with Crippen molar-refractivity contribution < 1.29 is 4.79 Å². The maximum atomic E-state index is 12.4. The zero-order valence-corrected chi connectivity index (χ0v) is 11.9. The van der Waals surface area contributed by atoms with E-state index in [4.69, 9.17) is 0 Å². The summed E-state index contributed by atoms with van der Waals surface area (Å²) in [4.78, 5) is 14.5. The number of benzene rings is 1. The van der Waals surface area contributed by atoms with Crippen LogP contribution in [0.1, 0.15) is 34.3 Å². The number of halogens is 1. The summed E-state index contributed by atoms with van der Waals surface area (Å²) in [5.74, 6) is 0.210. The molecule has 3 rings (SSSR count). The van der Waals surface area contributed by atoms with Crippen LogP contribution in [0.25, 0.3) is 0 Å². The first kappa shape index (κ1) is 12.2. The van der Waals surface area contributed by atoms with Crippen molar-refractivity contribution in [3.8, 4) is 0 Å². The van der Waals surface area contributed by atoms with Gasteiger partial charge in [0.15, 0.2) is 0 Å². The van der Waals surface area contributed by atoms with Gasteiger partial charge in [0.25, 0.3) is 5.91 Å². The predicted molar refractivity (Wildman–Crippen MR) is 74.8 cm³/mol. The summed E-state index contributed by atoms with van der Waals surface area (Å²) < 4.78 is 0. The lowest BCUT2D eigenvalue weighted by Gasteiger charge is -2.31. The lowest BCUT2D eigenvalue weighted by Crippen LogP contribution is -2.46. The van der Waals surface area contributed by atoms with Gasteiger partial charge in [0.1, 0.15) is 0 Å². The van der Waals surface area contributed by atoms with Gasteiger partial charge in [-0.05, 0) is 36.6 Å². The normalized spacial score (nSPS) is 23.3. The molecule has 1 fully saturated rings. The van der Waals surface area contributed by atoms with Crippen molar-refractivity contribution in [1.29, 1.82) is 0 Å². The predicted octanol–water partition coefficient (Wildman–Crippen LogP) is 2.29. The molecule has 4 heteroatoms. The third-order valence-electron chi connectivity index (χ3n) is 3.95. The quantitative estimate of drug-likeness (QED) is 0.850. The van der Waals surface area contributed by atoms with Crippen molar-refractivity contribution in [1.82, 2.24) is 10.2 Å². The van der Waals surface area contributed by atoms with Crippen LogP contribution in [0.2, 0.25) is 0 Å². The smallest absolute Gasteiger partial charge is 0.254 e. The molecule has 0 bridgehead atoms. The van der Waals surface area contributed by atoms with Gasteiger partial charge in [-0.25, -0.2) is 0 Å². The standard InChI is InChI=1S/C14H17BrN2O/c15-7-10-3-1-5-12-13(10)9-17(14(12)18)11-4-2-6-16-8-11/h1,3,5,11,16H,2,4,6-9H2. The van der Waals surface area contributed by atoms with Crippen LogP contribution in [0.5, 0.6) is 0 Å². The molecule has 3 nitrogen and oxygen atoms in total. The van der Waals surface area contributed by atoms with Crippen LogP contribution in [0.4, 0.5) is 0 Å². The van der Waals surface area contributed by atoms with Crippen LogP contribution in [0, 0.1) is 0 Å². The van der Waals surface area contributed by atoms with E-state index >= 15 is 0 Å². The number of rotatable bonds is 2. The number of amides is 1. The highest BCUT2D eigenvalue weighted by Gasteiger charge is 2.34. The fraction of sp³-hybridized carbons (Fsp3) is 0.500. The van der Waals surface area contributed by atoms with Gasteiger partial charge in [-0.2, -0.15) is 0 Å². The molecule has 1 aromatic carbocycles. The molecule has 2 aliphatic rings. The Kier molecular flexibility index (Phi) is 3.39. The second-order valence-corrected chi connectivity index (χ2v) is 5.57. The van der Waals surface area contributed by atoms with Crippen LogP contribution in [0.15, 0.2) is 18.2 Å². The minimum absolute atomic E-state index is 0.210. The maximum absolute atomic E-state index is 12.4. The van der Waals surface area contributed by atoms with Gasteiger partial charge < -0.3 is 10.2 Å². The maximum Gasteiger partial charge on any atom is 0.254 e. The largest absolute Gasteiger partial charge is 0.330 e. The van der Waals surface area contributed by atoms with Gasteiger partial charge in [-0.1, -0.05) is 28.1 Å². The molecule has 1 unspecified atom stereocenters. The second-order valence-electron chi connectivity index (χ2n) is 5.01. The molecule has 18 heavy (non-hydrogen) atoms. The van der Waals surface area contributed by atoms with Crippen LogP contribution in [-0.2, 0) is 11.9 Å². The molecule has 96 valence electrons. The number of alkyl halides is 1. The van der Waals surface area contributed by atoms with E-state index in [1.54, 1.807) is 0 Å². The van der Waals surface area contributed by atoms with Gasteiger partial charge in [0.2, 0.25) is 0 Å². The molecule has 1 N–H and O–H groups in total. The lowest BCUT2D eigenvalue weighted by molar-refractivity contribution is 0.0674. The first-order valence-electron chi connectivity index (χ1n) is 6.49. The molecule has 0 aromatic heterocycles. The number of piperidine rings is 1. The van der Waals surface area contributed by atoms with Gasteiger partial charge in [0, 0.05) is 30.0 Å². The van der Waals surface area contributed by atoms with E-state index in [1.807, 2.05) is 17.0 Å². The first-order valence-corrected chi connectivity index (χ1v) is 7.62. The minimum Gasteiger partial charge on any atom is -0.330 e. The van der Waals surface area contributed by atoms with E-state index in [-0.39, 0.29) is 5.91 Å².